The smallest absolute Gasteiger partial charge is 0.0230 e. The third-order valence-corrected chi connectivity index (χ3v) is 2.79. The van der Waals surface area contributed by atoms with E-state index in [1.165, 1.54) is 11.1 Å². The van der Waals surface area contributed by atoms with Gasteiger partial charge in [-0.1, -0.05) is 38.1 Å². The van der Waals surface area contributed by atoms with Crippen molar-refractivity contribution in [2.24, 2.45) is 11.5 Å². The maximum absolute atomic E-state index is 5.92. The van der Waals surface area contributed by atoms with Crippen LogP contribution in [0.1, 0.15) is 37.8 Å². The lowest BCUT2D eigenvalue weighted by atomic mass is 9.97. The van der Waals surface area contributed by atoms with Gasteiger partial charge in [0.15, 0.2) is 0 Å². The molecule has 1 rings (SSSR count). The topological polar surface area (TPSA) is 52.0 Å². The van der Waals surface area contributed by atoms with E-state index in [-0.39, 0.29) is 12.1 Å². The summed E-state index contributed by atoms with van der Waals surface area (Å²) < 4.78 is 0. The molecule has 2 atom stereocenters. The molecule has 2 nitrogen and oxygen atoms in total. The predicted molar refractivity (Wildman–Crippen MR) is 65.9 cm³/mol. The molecule has 0 saturated heterocycles. The fraction of sp³-hybridized carbons (Fsp3) is 0.538. The molecule has 0 aliphatic heterocycles. The Morgan fingerprint density at radius 1 is 1.00 bits per heavy atom. The average Bonchev–Trinajstić information content (AvgIpc) is 2.18. The molecular weight excluding hydrogens is 184 g/mol. The molecule has 84 valence electrons. The standard InChI is InChI=1S/C13H22N2/c1-9(2)12-6-4-11(5-7-12)8-13(15)10(3)14/h4-7,9-10,13H,8,14-15H2,1-3H3. The first-order valence-corrected chi connectivity index (χ1v) is 5.60. The first kappa shape index (κ1) is 12.2. The monoisotopic (exact) mass is 206 g/mol. The van der Waals surface area contributed by atoms with Gasteiger partial charge in [0.1, 0.15) is 0 Å². The van der Waals surface area contributed by atoms with E-state index in [1.807, 2.05) is 6.92 Å². The molecule has 2 heteroatoms. The Labute approximate surface area is 92.7 Å². The first-order chi connectivity index (χ1) is 7.00. The Morgan fingerprint density at radius 2 is 1.53 bits per heavy atom. The zero-order valence-corrected chi connectivity index (χ0v) is 9.90. The zero-order valence-electron chi connectivity index (χ0n) is 9.90. The van der Waals surface area contributed by atoms with Crippen LogP contribution in [0.2, 0.25) is 0 Å². The van der Waals surface area contributed by atoms with Crippen LogP contribution in [0.25, 0.3) is 0 Å². The van der Waals surface area contributed by atoms with Crippen molar-refractivity contribution < 1.29 is 0 Å². The molecule has 0 bridgehead atoms. The summed E-state index contributed by atoms with van der Waals surface area (Å²) in [5.41, 5.74) is 14.3. The van der Waals surface area contributed by atoms with Gasteiger partial charge in [0, 0.05) is 12.1 Å². The van der Waals surface area contributed by atoms with Crippen LogP contribution < -0.4 is 11.5 Å². The number of nitrogens with two attached hydrogens (primary N) is 2. The normalized spacial score (nSPS) is 15.3. The van der Waals surface area contributed by atoms with Crippen molar-refractivity contribution in [3.63, 3.8) is 0 Å². The zero-order chi connectivity index (χ0) is 11.4. The molecule has 0 saturated carbocycles. The molecule has 15 heavy (non-hydrogen) atoms. The van der Waals surface area contributed by atoms with Gasteiger partial charge in [-0.25, -0.2) is 0 Å². The second-order valence-electron chi connectivity index (χ2n) is 4.62. The molecule has 0 aromatic heterocycles. The van der Waals surface area contributed by atoms with Crippen LogP contribution in [0.15, 0.2) is 24.3 Å². The molecule has 2 unspecified atom stereocenters. The summed E-state index contributed by atoms with van der Waals surface area (Å²) in [5.74, 6) is 0.584. The molecular formula is C13H22N2. The highest BCUT2D eigenvalue weighted by atomic mass is 14.8. The predicted octanol–water partition coefficient (Wildman–Crippen LogP) is 2.03. The molecule has 0 spiro atoms. The van der Waals surface area contributed by atoms with E-state index < -0.39 is 0 Å². The molecule has 0 amide bonds. The van der Waals surface area contributed by atoms with Crippen LogP contribution in [0, 0.1) is 0 Å². The van der Waals surface area contributed by atoms with Crippen molar-refractivity contribution in [1.29, 1.82) is 0 Å². The van der Waals surface area contributed by atoms with Crippen molar-refractivity contribution in [3.05, 3.63) is 35.4 Å². The fourth-order valence-electron chi connectivity index (χ4n) is 1.50. The van der Waals surface area contributed by atoms with Crippen LogP contribution in [-0.2, 0) is 6.42 Å². The highest BCUT2D eigenvalue weighted by molar-refractivity contribution is 5.25. The molecule has 1 aromatic rings. The van der Waals surface area contributed by atoms with Gasteiger partial charge in [-0.2, -0.15) is 0 Å². The largest absolute Gasteiger partial charge is 0.327 e. The lowest BCUT2D eigenvalue weighted by Crippen LogP contribution is -2.40. The van der Waals surface area contributed by atoms with Gasteiger partial charge < -0.3 is 11.5 Å². The summed E-state index contributed by atoms with van der Waals surface area (Å²) >= 11 is 0. The highest BCUT2D eigenvalue weighted by Gasteiger charge is 2.08. The molecule has 4 N–H and O–H groups in total. The van der Waals surface area contributed by atoms with Gasteiger partial charge in [-0.15, -0.1) is 0 Å². The van der Waals surface area contributed by atoms with Crippen molar-refractivity contribution >= 4 is 0 Å². The number of rotatable bonds is 4. The average molecular weight is 206 g/mol. The van der Waals surface area contributed by atoms with E-state index in [4.69, 9.17) is 11.5 Å². The Bertz CT molecular complexity index is 288. The van der Waals surface area contributed by atoms with Gasteiger partial charge in [-0.3, -0.25) is 0 Å². The molecule has 1 aromatic carbocycles. The Kier molecular flexibility index (Phi) is 4.30. The van der Waals surface area contributed by atoms with Gasteiger partial charge in [0.25, 0.3) is 0 Å². The van der Waals surface area contributed by atoms with Crippen LogP contribution >= 0.6 is 0 Å². The van der Waals surface area contributed by atoms with E-state index >= 15 is 0 Å². The second-order valence-corrected chi connectivity index (χ2v) is 4.62. The quantitative estimate of drug-likeness (QED) is 0.792. The van der Waals surface area contributed by atoms with E-state index in [2.05, 4.69) is 38.1 Å². The number of hydrogen-bond acceptors (Lipinski definition) is 2. The fourth-order valence-corrected chi connectivity index (χ4v) is 1.50. The molecule has 0 radical (unpaired) electrons. The third kappa shape index (κ3) is 3.65. The van der Waals surface area contributed by atoms with Gasteiger partial charge >= 0.3 is 0 Å². The first-order valence-electron chi connectivity index (χ1n) is 5.60. The molecule has 0 fully saturated rings. The van der Waals surface area contributed by atoms with Crippen molar-refractivity contribution in [2.45, 2.75) is 45.2 Å². The van der Waals surface area contributed by atoms with E-state index in [0.29, 0.717) is 5.92 Å². The van der Waals surface area contributed by atoms with Crippen molar-refractivity contribution in [1.82, 2.24) is 0 Å². The maximum atomic E-state index is 5.92. The lowest BCUT2D eigenvalue weighted by Gasteiger charge is -2.15. The van der Waals surface area contributed by atoms with E-state index in [1.54, 1.807) is 0 Å². The van der Waals surface area contributed by atoms with E-state index in [0.717, 1.165) is 6.42 Å². The molecule has 0 heterocycles. The summed E-state index contributed by atoms with van der Waals surface area (Å²) in [6.45, 7) is 6.35. The summed E-state index contributed by atoms with van der Waals surface area (Å²) in [6, 6.07) is 8.75. The van der Waals surface area contributed by atoms with Crippen molar-refractivity contribution in [2.75, 3.05) is 0 Å². The summed E-state index contributed by atoms with van der Waals surface area (Å²) in [6.07, 6.45) is 0.857. The van der Waals surface area contributed by atoms with Crippen LogP contribution in [-0.4, -0.2) is 12.1 Å². The summed E-state index contributed by atoms with van der Waals surface area (Å²) in [7, 11) is 0. The van der Waals surface area contributed by atoms with Crippen LogP contribution in [0.4, 0.5) is 0 Å². The minimum Gasteiger partial charge on any atom is -0.327 e. The van der Waals surface area contributed by atoms with Gasteiger partial charge in [0.05, 0.1) is 0 Å². The van der Waals surface area contributed by atoms with Crippen molar-refractivity contribution in [3.8, 4) is 0 Å². The second kappa shape index (κ2) is 5.29. The Balaban J connectivity index is 2.64. The molecule has 0 aliphatic carbocycles. The lowest BCUT2D eigenvalue weighted by molar-refractivity contribution is 0.557. The van der Waals surface area contributed by atoms with Crippen LogP contribution in [0.5, 0.6) is 0 Å². The minimum atomic E-state index is 0.0507. The summed E-state index contributed by atoms with van der Waals surface area (Å²) in [4.78, 5) is 0. The minimum absolute atomic E-state index is 0.0507. The van der Waals surface area contributed by atoms with E-state index in [9.17, 15) is 0 Å². The van der Waals surface area contributed by atoms with Gasteiger partial charge in [-0.05, 0) is 30.4 Å². The number of benzene rings is 1. The highest BCUT2D eigenvalue weighted by Crippen LogP contribution is 2.15. The Hall–Kier alpha value is -0.860. The maximum Gasteiger partial charge on any atom is 0.0230 e. The SMILES string of the molecule is CC(C)c1ccc(CC(N)C(C)N)cc1. The third-order valence-electron chi connectivity index (χ3n) is 2.79. The number of hydrogen-bond donors (Lipinski definition) is 2. The van der Waals surface area contributed by atoms with Gasteiger partial charge in [0.2, 0.25) is 0 Å². The molecule has 0 aliphatic rings. The summed E-state index contributed by atoms with van der Waals surface area (Å²) in [5, 5.41) is 0. The Morgan fingerprint density at radius 3 is 1.93 bits per heavy atom. The van der Waals surface area contributed by atoms with Crippen LogP contribution in [0.3, 0.4) is 0 Å².